The highest BCUT2D eigenvalue weighted by Crippen LogP contribution is 2.24. The summed E-state index contributed by atoms with van der Waals surface area (Å²) < 4.78 is 0. The van der Waals surface area contributed by atoms with Gasteiger partial charge in [-0.15, -0.1) is 0 Å². The number of carbonyl (C=O) groups is 2. The van der Waals surface area contributed by atoms with E-state index in [1.165, 1.54) is 0 Å². The van der Waals surface area contributed by atoms with E-state index < -0.39 is 0 Å². The highest BCUT2D eigenvalue weighted by atomic mass is 16.2. The zero-order valence-electron chi connectivity index (χ0n) is 17.5. The van der Waals surface area contributed by atoms with Crippen LogP contribution in [-0.4, -0.2) is 49.4 Å². The van der Waals surface area contributed by atoms with Gasteiger partial charge in [-0.2, -0.15) is 0 Å². The topological polar surface area (TPSA) is 78.7 Å². The minimum absolute atomic E-state index is 0.000359. The maximum absolute atomic E-state index is 12.2. The van der Waals surface area contributed by atoms with Gasteiger partial charge in [0.2, 0.25) is 11.8 Å². The molecule has 0 bridgehead atoms. The molecule has 3 N–H and O–H groups in total. The Hall–Kier alpha value is -2.08. The van der Waals surface area contributed by atoms with Gasteiger partial charge in [0.05, 0.1) is 0 Å². The van der Waals surface area contributed by atoms with E-state index >= 15 is 0 Å². The van der Waals surface area contributed by atoms with Crippen molar-refractivity contribution in [3.8, 4) is 0 Å². The van der Waals surface area contributed by atoms with Crippen molar-refractivity contribution in [2.45, 2.75) is 52.4 Å². The smallest absolute Gasteiger partial charge is 0.224 e. The van der Waals surface area contributed by atoms with E-state index in [-0.39, 0.29) is 17.7 Å². The second kappa shape index (κ2) is 11.7. The summed E-state index contributed by atoms with van der Waals surface area (Å²) in [5.74, 6) is -0.117. The Labute approximate surface area is 169 Å². The molecular formula is C22H36N4O2. The van der Waals surface area contributed by atoms with Crippen LogP contribution in [-0.2, 0) is 9.59 Å². The van der Waals surface area contributed by atoms with E-state index in [0.29, 0.717) is 6.42 Å². The van der Waals surface area contributed by atoms with Gasteiger partial charge in [-0.05, 0) is 76.0 Å². The number of anilines is 2. The number of nitrogens with zero attached hydrogens (tertiary/aromatic N) is 2. The number of benzene rings is 1. The van der Waals surface area contributed by atoms with Crippen LogP contribution in [0.3, 0.4) is 0 Å². The lowest BCUT2D eigenvalue weighted by molar-refractivity contribution is -0.122. The van der Waals surface area contributed by atoms with Gasteiger partial charge in [-0.25, -0.2) is 0 Å². The summed E-state index contributed by atoms with van der Waals surface area (Å²) in [7, 11) is 0. The van der Waals surface area contributed by atoms with Crippen LogP contribution >= 0.6 is 0 Å². The number of amides is 2. The molecule has 0 unspecified atom stereocenters. The van der Waals surface area contributed by atoms with E-state index in [1.807, 2.05) is 24.3 Å². The van der Waals surface area contributed by atoms with Crippen LogP contribution in [0.25, 0.3) is 0 Å². The molecule has 0 spiro atoms. The number of nitrogens with two attached hydrogens (primary N) is 1. The van der Waals surface area contributed by atoms with Crippen molar-refractivity contribution in [1.29, 1.82) is 0 Å². The number of hydrogen-bond acceptors (Lipinski definition) is 4. The fraction of sp³-hybridized carbons (Fsp3) is 0.636. The Morgan fingerprint density at radius 1 is 1.07 bits per heavy atom. The van der Waals surface area contributed by atoms with Crippen molar-refractivity contribution < 1.29 is 9.59 Å². The van der Waals surface area contributed by atoms with E-state index in [2.05, 4.69) is 29.0 Å². The Morgan fingerprint density at radius 3 is 2.21 bits per heavy atom. The van der Waals surface area contributed by atoms with E-state index in [1.54, 1.807) is 0 Å². The average Bonchev–Trinajstić information content (AvgIpc) is 2.69. The quantitative estimate of drug-likeness (QED) is 0.610. The zero-order valence-corrected chi connectivity index (χ0v) is 17.5. The first kappa shape index (κ1) is 22.2. The minimum Gasteiger partial charge on any atom is -0.371 e. The highest BCUT2D eigenvalue weighted by Gasteiger charge is 2.23. The maximum Gasteiger partial charge on any atom is 0.224 e. The lowest BCUT2D eigenvalue weighted by Crippen LogP contribution is -2.38. The number of rotatable bonds is 11. The second-order valence-corrected chi connectivity index (χ2v) is 7.70. The van der Waals surface area contributed by atoms with Crippen molar-refractivity contribution in [3.05, 3.63) is 24.3 Å². The Bertz CT molecular complexity index is 603. The Morgan fingerprint density at radius 2 is 1.68 bits per heavy atom. The summed E-state index contributed by atoms with van der Waals surface area (Å²) in [6.07, 6.45) is 5.35. The van der Waals surface area contributed by atoms with Crippen LogP contribution in [0.2, 0.25) is 0 Å². The van der Waals surface area contributed by atoms with Crippen LogP contribution in [0.4, 0.5) is 11.4 Å². The van der Waals surface area contributed by atoms with Gasteiger partial charge in [-0.3, -0.25) is 9.59 Å². The number of nitrogens with one attached hydrogen (secondary N) is 1. The van der Waals surface area contributed by atoms with Crippen molar-refractivity contribution in [3.63, 3.8) is 0 Å². The molecule has 6 heteroatoms. The third-order valence-corrected chi connectivity index (χ3v) is 5.37. The molecule has 6 nitrogen and oxygen atoms in total. The molecule has 1 heterocycles. The molecule has 0 saturated carbocycles. The molecule has 28 heavy (non-hydrogen) atoms. The van der Waals surface area contributed by atoms with Crippen LogP contribution in [0.5, 0.6) is 0 Å². The summed E-state index contributed by atoms with van der Waals surface area (Å²) >= 11 is 0. The molecule has 0 aromatic heterocycles. The van der Waals surface area contributed by atoms with Crippen LogP contribution < -0.4 is 16.0 Å². The van der Waals surface area contributed by atoms with Gasteiger partial charge in [-0.1, -0.05) is 13.8 Å². The molecule has 0 aliphatic carbocycles. The monoisotopic (exact) mass is 388 g/mol. The lowest BCUT2D eigenvalue weighted by Gasteiger charge is -2.32. The van der Waals surface area contributed by atoms with Crippen LogP contribution in [0.15, 0.2) is 24.3 Å². The van der Waals surface area contributed by atoms with Gasteiger partial charge in [0.25, 0.3) is 0 Å². The molecule has 1 fully saturated rings. The first-order chi connectivity index (χ1) is 13.5. The largest absolute Gasteiger partial charge is 0.371 e. The predicted octanol–water partition coefficient (Wildman–Crippen LogP) is 3.23. The van der Waals surface area contributed by atoms with Crippen molar-refractivity contribution in [1.82, 2.24) is 4.90 Å². The Balaban J connectivity index is 1.74. The Kier molecular flexibility index (Phi) is 9.28. The number of hydrogen-bond donors (Lipinski definition) is 2. The van der Waals surface area contributed by atoms with Gasteiger partial charge >= 0.3 is 0 Å². The minimum atomic E-state index is -0.190. The fourth-order valence-corrected chi connectivity index (χ4v) is 3.83. The number of carbonyl (C=O) groups excluding carboxylic acids is 2. The molecule has 2 amide bonds. The summed E-state index contributed by atoms with van der Waals surface area (Å²) in [5, 5.41) is 2.99. The zero-order chi connectivity index (χ0) is 20.4. The van der Waals surface area contributed by atoms with Crippen LogP contribution in [0, 0.1) is 5.92 Å². The molecule has 1 aromatic carbocycles. The average molecular weight is 389 g/mol. The summed E-state index contributed by atoms with van der Waals surface area (Å²) in [5.41, 5.74) is 7.35. The second-order valence-electron chi connectivity index (χ2n) is 7.70. The van der Waals surface area contributed by atoms with Gasteiger partial charge in [0, 0.05) is 36.8 Å². The van der Waals surface area contributed by atoms with E-state index in [9.17, 15) is 9.59 Å². The van der Waals surface area contributed by atoms with Crippen molar-refractivity contribution in [2.75, 3.05) is 42.9 Å². The molecule has 2 rings (SSSR count). The number of primary amides is 1. The lowest BCUT2D eigenvalue weighted by atomic mass is 9.96. The third-order valence-electron chi connectivity index (χ3n) is 5.37. The summed E-state index contributed by atoms with van der Waals surface area (Å²) in [6.45, 7) is 9.26. The predicted molar refractivity (Wildman–Crippen MR) is 115 cm³/mol. The standard InChI is InChI=1S/C22H36N4O2/c1-3-13-25(14-4-2)15-5-6-21(27)24-19-7-9-20(10-8-19)26-16-11-18(12-17-26)22(23)28/h7-10,18H,3-6,11-17H2,1-2H3,(H2,23,28)(H,24,27). The first-order valence-electron chi connectivity index (χ1n) is 10.7. The first-order valence-corrected chi connectivity index (χ1v) is 10.7. The van der Waals surface area contributed by atoms with Crippen molar-refractivity contribution >= 4 is 23.2 Å². The van der Waals surface area contributed by atoms with Gasteiger partial charge in [0.1, 0.15) is 0 Å². The molecule has 0 atom stereocenters. The molecule has 0 radical (unpaired) electrons. The molecule has 1 aromatic rings. The van der Waals surface area contributed by atoms with E-state index in [4.69, 9.17) is 5.73 Å². The highest BCUT2D eigenvalue weighted by molar-refractivity contribution is 5.90. The summed E-state index contributed by atoms with van der Waals surface area (Å²) in [6, 6.07) is 7.97. The normalized spacial score (nSPS) is 15.0. The third kappa shape index (κ3) is 7.15. The summed E-state index contributed by atoms with van der Waals surface area (Å²) in [4.78, 5) is 28.2. The van der Waals surface area contributed by atoms with Gasteiger partial charge < -0.3 is 20.9 Å². The fourth-order valence-electron chi connectivity index (χ4n) is 3.83. The number of piperidine rings is 1. The molecular weight excluding hydrogens is 352 g/mol. The van der Waals surface area contributed by atoms with E-state index in [0.717, 1.165) is 76.2 Å². The van der Waals surface area contributed by atoms with Gasteiger partial charge in [0.15, 0.2) is 0 Å². The van der Waals surface area contributed by atoms with Crippen LogP contribution in [0.1, 0.15) is 52.4 Å². The molecule has 1 aliphatic heterocycles. The SMILES string of the molecule is CCCN(CCC)CCCC(=O)Nc1ccc(N2CCC(C(N)=O)CC2)cc1. The maximum atomic E-state index is 12.2. The van der Waals surface area contributed by atoms with Crippen molar-refractivity contribution in [2.24, 2.45) is 11.7 Å². The molecule has 1 saturated heterocycles. The molecule has 156 valence electrons. The molecule has 1 aliphatic rings.